The number of unbranched alkanes of at least 4 members (excludes halogenated alkanes) is 1. The van der Waals surface area contributed by atoms with Gasteiger partial charge in [-0.15, -0.1) is 0 Å². The van der Waals surface area contributed by atoms with Gasteiger partial charge in [-0.1, -0.05) is 76.1 Å². The number of rotatable bonds is 7. The molecule has 2 aromatic rings. The predicted octanol–water partition coefficient (Wildman–Crippen LogP) is 7.56. The molecule has 26 heavy (non-hydrogen) atoms. The largest absolute Gasteiger partial charge is 0.207 e. The van der Waals surface area contributed by atoms with E-state index < -0.39 is 11.6 Å². The highest BCUT2D eigenvalue weighted by Gasteiger charge is 2.20. The molecule has 0 aliphatic heterocycles. The van der Waals surface area contributed by atoms with Gasteiger partial charge in [-0.25, -0.2) is 8.78 Å². The van der Waals surface area contributed by atoms with Crippen molar-refractivity contribution in [3.05, 3.63) is 59.7 Å². The number of hydrogen-bond acceptors (Lipinski definition) is 0. The molecule has 0 nitrogen and oxygen atoms in total. The molecule has 3 rings (SSSR count). The average molecular weight is 357 g/mol. The number of hydrogen-bond donors (Lipinski definition) is 0. The first-order valence-electron chi connectivity index (χ1n) is 10.2. The number of benzene rings is 2. The van der Waals surface area contributed by atoms with Crippen molar-refractivity contribution in [2.45, 2.75) is 64.7 Å². The van der Waals surface area contributed by atoms with Crippen molar-refractivity contribution in [2.24, 2.45) is 11.8 Å². The lowest BCUT2D eigenvalue weighted by molar-refractivity contribution is 0.250. The normalized spacial score (nSPS) is 20.3. The van der Waals surface area contributed by atoms with Gasteiger partial charge in [0.1, 0.15) is 11.6 Å². The van der Waals surface area contributed by atoms with Crippen LogP contribution in [-0.4, -0.2) is 0 Å². The molecule has 0 aromatic heterocycles. The maximum atomic E-state index is 13.4. The summed E-state index contributed by atoms with van der Waals surface area (Å²) in [5.74, 6) is 0.777. The van der Waals surface area contributed by atoms with E-state index in [0.717, 1.165) is 29.9 Å². The summed E-state index contributed by atoms with van der Waals surface area (Å²) < 4.78 is 26.8. The Kier molecular flexibility index (Phi) is 6.82. The lowest BCUT2D eigenvalue weighted by Gasteiger charge is -2.28. The highest BCUT2D eigenvalue weighted by molar-refractivity contribution is 5.63. The molecule has 0 N–H and O–H groups in total. The zero-order chi connectivity index (χ0) is 18.4. The third-order valence-corrected chi connectivity index (χ3v) is 5.92. The first kappa shape index (κ1) is 19.1. The van der Waals surface area contributed by atoms with Gasteiger partial charge in [0.2, 0.25) is 0 Å². The number of aryl methyl sites for hydroxylation is 1. The molecule has 2 aromatic carbocycles. The first-order chi connectivity index (χ1) is 12.6. The van der Waals surface area contributed by atoms with Crippen LogP contribution in [0.25, 0.3) is 11.1 Å². The minimum Gasteiger partial charge on any atom is -0.207 e. The van der Waals surface area contributed by atoms with E-state index in [0.29, 0.717) is 5.56 Å². The third-order valence-electron chi connectivity index (χ3n) is 5.92. The summed E-state index contributed by atoms with van der Waals surface area (Å²) in [6.45, 7) is 2.28. The van der Waals surface area contributed by atoms with E-state index in [9.17, 15) is 8.78 Å². The first-order valence-corrected chi connectivity index (χ1v) is 10.2. The molecular formula is C24H30F2. The lowest BCUT2D eigenvalue weighted by Crippen LogP contribution is -2.15. The van der Waals surface area contributed by atoms with Gasteiger partial charge in [0.05, 0.1) is 0 Å². The minimum absolute atomic E-state index is 0.529. The van der Waals surface area contributed by atoms with Gasteiger partial charge in [0, 0.05) is 6.07 Å². The standard InChI is InChI=1S/C24H30F2/c1-2-3-4-18-5-7-19(8-6-18)9-10-20-11-13-21(14-12-20)22-15-23(25)17-24(26)16-22/h11-19H,2-10H2,1H3/t18-,19-. The molecule has 0 amide bonds. The van der Waals surface area contributed by atoms with Crippen molar-refractivity contribution in [1.82, 2.24) is 0 Å². The molecule has 0 radical (unpaired) electrons. The van der Waals surface area contributed by atoms with E-state index in [4.69, 9.17) is 0 Å². The van der Waals surface area contributed by atoms with Crippen LogP contribution in [0.2, 0.25) is 0 Å². The van der Waals surface area contributed by atoms with Gasteiger partial charge in [-0.2, -0.15) is 0 Å². The van der Waals surface area contributed by atoms with Crippen molar-refractivity contribution >= 4 is 0 Å². The van der Waals surface area contributed by atoms with Gasteiger partial charge >= 0.3 is 0 Å². The molecule has 1 saturated carbocycles. The molecule has 0 bridgehead atoms. The van der Waals surface area contributed by atoms with Gasteiger partial charge in [-0.05, 0) is 53.5 Å². The van der Waals surface area contributed by atoms with Gasteiger partial charge in [0.25, 0.3) is 0 Å². The molecule has 0 unspecified atom stereocenters. The molecular weight excluding hydrogens is 326 g/mol. The summed E-state index contributed by atoms with van der Waals surface area (Å²) >= 11 is 0. The maximum Gasteiger partial charge on any atom is 0.126 e. The second-order valence-electron chi connectivity index (χ2n) is 7.92. The van der Waals surface area contributed by atoms with Gasteiger partial charge in [-0.3, -0.25) is 0 Å². The highest BCUT2D eigenvalue weighted by atomic mass is 19.1. The summed E-state index contributed by atoms with van der Waals surface area (Å²) in [7, 11) is 0. The summed E-state index contributed by atoms with van der Waals surface area (Å²) in [6, 6.07) is 11.8. The Hall–Kier alpha value is -1.70. The SMILES string of the molecule is CCCC[C@H]1CC[C@H](CCc2ccc(-c3cc(F)cc(F)c3)cc2)CC1. The molecule has 140 valence electrons. The molecule has 1 aliphatic carbocycles. The Labute approximate surface area is 156 Å². The molecule has 0 atom stereocenters. The zero-order valence-corrected chi connectivity index (χ0v) is 15.8. The van der Waals surface area contributed by atoms with E-state index in [1.165, 1.54) is 69.1 Å². The van der Waals surface area contributed by atoms with E-state index >= 15 is 0 Å². The summed E-state index contributed by atoms with van der Waals surface area (Å²) in [5, 5.41) is 0. The van der Waals surface area contributed by atoms with Crippen molar-refractivity contribution in [3.63, 3.8) is 0 Å². The molecule has 0 saturated heterocycles. The predicted molar refractivity (Wildman–Crippen MR) is 105 cm³/mol. The van der Waals surface area contributed by atoms with Crippen LogP contribution in [0, 0.1) is 23.5 Å². The topological polar surface area (TPSA) is 0 Å². The van der Waals surface area contributed by atoms with E-state index in [1.54, 1.807) is 0 Å². The molecule has 2 heteroatoms. The highest BCUT2D eigenvalue weighted by Crippen LogP contribution is 2.34. The van der Waals surface area contributed by atoms with Gasteiger partial charge < -0.3 is 0 Å². The van der Waals surface area contributed by atoms with Crippen molar-refractivity contribution in [3.8, 4) is 11.1 Å². The van der Waals surface area contributed by atoms with Crippen LogP contribution in [0.15, 0.2) is 42.5 Å². The van der Waals surface area contributed by atoms with Crippen molar-refractivity contribution in [2.75, 3.05) is 0 Å². The Bertz CT molecular complexity index is 662. The van der Waals surface area contributed by atoms with Crippen LogP contribution in [0.4, 0.5) is 8.78 Å². The van der Waals surface area contributed by atoms with E-state index in [2.05, 4.69) is 19.1 Å². The zero-order valence-electron chi connectivity index (χ0n) is 15.8. The maximum absolute atomic E-state index is 13.4. The second-order valence-corrected chi connectivity index (χ2v) is 7.92. The Morgan fingerprint density at radius 1 is 0.769 bits per heavy atom. The Morgan fingerprint density at radius 2 is 1.35 bits per heavy atom. The van der Waals surface area contributed by atoms with Crippen LogP contribution in [0.3, 0.4) is 0 Å². The fourth-order valence-electron chi connectivity index (χ4n) is 4.26. The summed E-state index contributed by atoms with van der Waals surface area (Å²) in [4.78, 5) is 0. The van der Waals surface area contributed by atoms with E-state index in [-0.39, 0.29) is 0 Å². The van der Waals surface area contributed by atoms with Crippen molar-refractivity contribution in [1.29, 1.82) is 0 Å². The Balaban J connectivity index is 1.49. The van der Waals surface area contributed by atoms with Crippen molar-refractivity contribution < 1.29 is 8.78 Å². The fraction of sp³-hybridized carbons (Fsp3) is 0.500. The van der Waals surface area contributed by atoms with Crippen LogP contribution in [0.1, 0.15) is 63.9 Å². The third kappa shape index (κ3) is 5.40. The molecule has 1 fully saturated rings. The summed E-state index contributed by atoms with van der Waals surface area (Å²) in [5.41, 5.74) is 2.78. The second kappa shape index (κ2) is 9.30. The number of halogens is 2. The van der Waals surface area contributed by atoms with E-state index in [1.807, 2.05) is 12.1 Å². The smallest absolute Gasteiger partial charge is 0.126 e. The van der Waals surface area contributed by atoms with Gasteiger partial charge in [0.15, 0.2) is 0 Å². The summed E-state index contributed by atoms with van der Waals surface area (Å²) in [6.07, 6.45) is 12.1. The average Bonchev–Trinajstić information content (AvgIpc) is 2.65. The lowest BCUT2D eigenvalue weighted by atomic mass is 9.78. The minimum atomic E-state index is -0.529. The monoisotopic (exact) mass is 356 g/mol. The van der Waals surface area contributed by atoms with Crippen LogP contribution >= 0.6 is 0 Å². The quantitative estimate of drug-likeness (QED) is 0.480. The molecule has 0 spiro atoms. The molecule has 0 heterocycles. The van der Waals surface area contributed by atoms with Crippen LogP contribution < -0.4 is 0 Å². The van der Waals surface area contributed by atoms with Crippen LogP contribution in [0.5, 0.6) is 0 Å². The Morgan fingerprint density at radius 3 is 1.92 bits per heavy atom. The fourth-order valence-corrected chi connectivity index (χ4v) is 4.26. The molecule has 1 aliphatic rings. The van der Waals surface area contributed by atoms with Crippen LogP contribution in [-0.2, 0) is 6.42 Å².